The molecule has 9 aromatic rings. The molecule has 0 bridgehead atoms. The molecule has 1 heterocycles. The van der Waals surface area contributed by atoms with Crippen LogP contribution in [-0.2, 0) is 6.42 Å². The summed E-state index contributed by atoms with van der Waals surface area (Å²) in [6, 6.07) is 65.1. The molecule has 0 saturated carbocycles. The van der Waals surface area contributed by atoms with E-state index in [0.29, 0.717) is 11.1 Å². The zero-order valence-corrected chi connectivity index (χ0v) is 34.4. The standard InChI is InChI=1S/C26H18N2O2.C15H11NO2.C12H9Br/c29-28(30)25-12-5-4-11-24(25)22-14-13-20-15-16-27(26(20)18-22)23-10-6-9-21(17-23)19-7-2-1-3-8-19;17-16(18)15-7-2-1-6-14(15)13-9-8-11-4-3-5-12(11)10-13;13-12-8-4-7-11(9-12)10-5-2-1-3-6-10/h1-18H;1-4,6-10H,5H2;1-9H. The molecule has 1 aliphatic carbocycles. The maximum absolute atomic E-state index is 11.5. The smallest absolute Gasteiger partial charge is 0.277 e. The molecule has 0 unspecified atom stereocenters. The van der Waals surface area contributed by atoms with Crippen molar-refractivity contribution < 1.29 is 9.85 Å². The first-order chi connectivity index (χ1) is 29.8. The van der Waals surface area contributed by atoms with Gasteiger partial charge in [-0.1, -0.05) is 162 Å². The van der Waals surface area contributed by atoms with Crippen molar-refractivity contribution in [2.75, 3.05) is 0 Å². The number of aromatic nitrogens is 1. The number of allylic oxidation sites excluding steroid dienone is 1. The maximum Gasteiger partial charge on any atom is 0.277 e. The molecule has 0 saturated heterocycles. The Morgan fingerprint density at radius 1 is 0.475 bits per heavy atom. The van der Waals surface area contributed by atoms with Gasteiger partial charge in [-0.3, -0.25) is 20.2 Å². The van der Waals surface area contributed by atoms with Gasteiger partial charge >= 0.3 is 0 Å². The Kier molecular flexibility index (Phi) is 12.2. The van der Waals surface area contributed by atoms with Crippen LogP contribution in [0.2, 0.25) is 0 Å². The van der Waals surface area contributed by atoms with Crippen LogP contribution in [0.5, 0.6) is 0 Å². The first kappa shape index (κ1) is 40.1. The highest BCUT2D eigenvalue weighted by molar-refractivity contribution is 9.10. The summed E-state index contributed by atoms with van der Waals surface area (Å²) in [6.07, 6.45) is 7.13. The zero-order chi connectivity index (χ0) is 42.1. The van der Waals surface area contributed by atoms with Crippen molar-refractivity contribution in [1.82, 2.24) is 4.57 Å². The van der Waals surface area contributed by atoms with Crippen LogP contribution in [0.15, 0.2) is 217 Å². The van der Waals surface area contributed by atoms with Crippen molar-refractivity contribution in [3.8, 4) is 50.2 Å². The predicted molar refractivity (Wildman–Crippen MR) is 252 cm³/mol. The van der Waals surface area contributed by atoms with Crippen LogP contribution in [0, 0.1) is 20.2 Å². The Balaban J connectivity index is 0.000000140. The highest BCUT2D eigenvalue weighted by Crippen LogP contribution is 2.35. The molecule has 8 aromatic carbocycles. The third-order valence-electron chi connectivity index (χ3n) is 10.5. The summed E-state index contributed by atoms with van der Waals surface area (Å²) in [5, 5.41) is 23.6. The normalized spacial score (nSPS) is 11.2. The van der Waals surface area contributed by atoms with Crippen molar-refractivity contribution in [2.45, 2.75) is 6.42 Å². The topological polar surface area (TPSA) is 91.2 Å². The Labute approximate surface area is 362 Å². The van der Waals surface area contributed by atoms with Crippen LogP contribution >= 0.6 is 15.9 Å². The summed E-state index contributed by atoms with van der Waals surface area (Å²) in [5.41, 5.74) is 12.6. The fourth-order valence-corrected chi connectivity index (χ4v) is 7.86. The number of nitro benzene ring substituents is 2. The summed E-state index contributed by atoms with van der Waals surface area (Å²) in [5.74, 6) is 0. The van der Waals surface area contributed by atoms with Crippen LogP contribution in [-0.4, -0.2) is 14.4 Å². The highest BCUT2D eigenvalue weighted by Gasteiger charge is 2.17. The summed E-state index contributed by atoms with van der Waals surface area (Å²) in [6.45, 7) is 0. The van der Waals surface area contributed by atoms with Gasteiger partial charge in [0.1, 0.15) is 0 Å². The van der Waals surface area contributed by atoms with E-state index in [1.165, 1.54) is 22.3 Å². The minimum absolute atomic E-state index is 0.112. The van der Waals surface area contributed by atoms with Gasteiger partial charge in [-0.2, -0.15) is 0 Å². The molecule has 0 fully saturated rings. The summed E-state index contributed by atoms with van der Waals surface area (Å²) in [7, 11) is 0. The monoisotopic (exact) mass is 859 g/mol. The van der Waals surface area contributed by atoms with Crippen LogP contribution in [0.4, 0.5) is 11.4 Å². The molecule has 0 atom stereocenters. The second kappa shape index (κ2) is 18.5. The molecule has 0 N–H and O–H groups in total. The number of para-hydroxylation sites is 2. The van der Waals surface area contributed by atoms with Gasteiger partial charge in [-0.25, -0.2) is 0 Å². The van der Waals surface area contributed by atoms with Crippen LogP contribution in [0.1, 0.15) is 11.1 Å². The highest BCUT2D eigenvalue weighted by atomic mass is 79.9. The predicted octanol–water partition coefficient (Wildman–Crippen LogP) is 14.8. The van der Waals surface area contributed by atoms with Gasteiger partial charge in [0.05, 0.1) is 26.5 Å². The average Bonchev–Trinajstić information content (AvgIpc) is 3.97. The van der Waals surface area contributed by atoms with E-state index >= 15 is 0 Å². The summed E-state index contributed by atoms with van der Waals surface area (Å²) >= 11 is 3.46. The fraction of sp³-hybridized carbons (Fsp3) is 0.0189. The molecule has 0 radical (unpaired) electrons. The minimum atomic E-state index is -0.333. The molecule has 296 valence electrons. The number of rotatable bonds is 7. The van der Waals surface area contributed by atoms with Crippen LogP contribution in [0.25, 0.3) is 67.2 Å². The first-order valence-electron chi connectivity index (χ1n) is 19.7. The number of fused-ring (bicyclic) bond motifs is 2. The van der Waals surface area contributed by atoms with Gasteiger partial charge in [0, 0.05) is 28.5 Å². The van der Waals surface area contributed by atoms with E-state index in [4.69, 9.17) is 0 Å². The SMILES string of the molecule is Brc1cccc(-c2ccccc2)c1.O=[N+]([O-])c1ccccc1-c1ccc2c(c1)CC=C2.O=[N+]([O-])c1ccccc1-c1ccc2ccn(-c3cccc(-c4ccccc4)c3)c2c1. The number of hydrogen-bond donors (Lipinski definition) is 0. The number of nitrogens with zero attached hydrogens (tertiary/aromatic N) is 3. The van der Waals surface area contributed by atoms with Crippen molar-refractivity contribution >= 4 is 44.3 Å². The Morgan fingerprint density at radius 3 is 1.64 bits per heavy atom. The molecule has 61 heavy (non-hydrogen) atoms. The van der Waals surface area contributed by atoms with Gasteiger partial charge in [0.25, 0.3) is 11.4 Å². The van der Waals surface area contributed by atoms with Gasteiger partial charge in [0.2, 0.25) is 0 Å². The summed E-state index contributed by atoms with van der Waals surface area (Å²) in [4.78, 5) is 21.8. The summed E-state index contributed by atoms with van der Waals surface area (Å²) < 4.78 is 3.24. The quantitative estimate of drug-likeness (QED) is 0.118. The molecular weight excluding hydrogens is 823 g/mol. The lowest BCUT2D eigenvalue weighted by atomic mass is 9.99. The second-order valence-electron chi connectivity index (χ2n) is 14.3. The third-order valence-corrected chi connectivity index (χ3v) is 11.0. The molecule has 1 aromatic heterocycles. The zero-order valence-electron chi connectivity index (χ0n) is 32.8. The van der Waals surface area contributed by atoms with E-state index in [0.717, 1.165) is 49.7 Å². The van der Waals surface area contributed by atoms with Gasteiger partial charge in [-0.05, 0) is 111 Å². The van der Waals surface area contributed by atoms with E-state index in [9.17, 15) is 20.2 Å². The van der Waals surface area contributed by atoms with Gasteiger partial charge in [0.15, 0.2) is 0 Å². The van der Waals surface area contributed by atoms with E-state index in [2.05, 4.69) is 112 Å². The first-order valence-corrected chi connectivity index (χ1v) is 20.5. The van der Waals surface area contributed by atoms with Crippen LogP contribution < -0.4 is 0 Å². The van der Waals surface area contributed by atoms with Gasteiger partial charge in [-0.15, -0.1) is 0 Å². The molecule has 10 rings (SSSR count). The van der Waals surface area contributed by atoms with Crippen molar-refractivity contribution in [3.63, 3.8) is 0 Å². The number of nitro groups is 2. The number of benzene rings is 8. The Hall–Kier alpha value is -7.68. The Morgan fingerprint density at radius 2 is 1.02 bits per heavy atom. The fourth-order valence-electron chi connectivity index (χ4n) is 7.47. The lowest BCUT2D eigenvalue weighted by Crippen LogP contribution is -1.94. The maximum atomic E-state index is 11.5. The lowest BCUT2D eigenvalue weighted by Gasteiger charge is -2.10. The number of halogens is 1. The second-order valence-corrected chi connectivity index (χ2v) is 15.2. The minimum Gasteiger partial charge on any atom is -0.317 e. The molecular formula is C53H38BrN3O4. The average molecular weight is 861 g/mol. The van der Waals surface area contributed by atoms with E-state index in [1.54, 1.807) is 36.4 Å². The van der Waals surface area contributed by atoms with E-state index in [1.807, 2.05) is 91.1 Å². The van der Waals surface area contributed by atoms with E-state index in [-0.39, 0.29) is 21.2 Å². The molecule has 8 heteroatoms. The third kappa shape index (κ3) is 9.31. The molecule has 7 nitrogen and oxygen atoms in total. The van der Waals surface area contributed by atoms with E-state index < -0.39 is 0 Å². The van der Waals surface area contributed by atoms with Crippen LogP contribution in [0.3, 0.4) is 0 Å². The number of hydrogen-bond acceptors (Lipinski definition) is 4. The van der Waals surface area contributed by atoms with Crippen molar-refractivity contribution in [3.05, 3.63) is 248 Å². The largest absolute Gasteiger partial charge is 0.317 e. The molecule has 1 aliphatic rings. The molecule has 0 spiro atoms. The van der Waals surface area contributed by atoms with Crippen molar-refractivity contribution in [2.24, 2.45) is 0 Å². The lowest BCUT2D eigenvalue weighted by molar-refractivity contribution is -0.384. The van der Waals surface area contributed by atoms with Gasteiger partial charge < -0.3 is 4.57 Å². The Bertz CT molecular complexity index is 3030. The molecule has 0 aliphatic heterocycles. The van der Waals surface area contributed by atoms with Crippen molar-refractivity contribution in [1.29, 1.82) is 0 Å². The molecule has 0 amide bonds.